The van der Waals surface area contributed by atoms with Crippen LogP contribution in [0.3, 0.4) is 0 Å². The van der Waals surface area contributed by atoms with Crippen LogP contribution < -0.4 is 4.90 Å². The monoisotopic (exact) mass is 805 g/mol. The first-order valence-corrected chi connectivity index (χ1v) is 19.9. The van der Waals surface area contributed by atoms with E-state index in [1.54, 1.807) is 52.1 Å². The zero-order valence-electron chi connectivity index (χ0n) is 31.4. The fourth-order valence-electron chi connectivity index (χ4n) is 6.92. The Balaban J connectivity index is 2.06. The molecular formula is C38H40F9NO6Si. The van der Waals surface area contributed by atoms with Gasteiger partial charge in [0.1, 0.15) is 11.0 Å². The van der Waals surface area contributed by atoms with Crippen LogP contribution >= 0.6 is 0 Å². The van der Waals surface area contributed by atoms with Gasteiger partial charge in [-0.05, 0) is 92.3 Å². The molecule has 1 saturated heterocycles. The number of hydrogen-bond acceptors (Lipinski definition) is 6. The van der Waals surface area contributed by atoms with Crippen LogP contribution in [0.15, 0.2) is 66.7 Å². The van der Waals surface area contributed by atoms with Crippen molar-refractivity contribution in [2.45, 2.75) is 107 Å². The number of ether oxygens (including phenoxy) is 3. The van der Waals surface area contributed by atoms with Gasteiger partial charge in [0.25, 0.3) is 5.91 Å². The predicted molar refractivity (Wildman–Crippen MR) is 184 cm³/mol. The Hall–Kier alpha value is -4.09. The number of methoxy groups -OCH3 is 1. The molecular weight excluding hydrogens is 765 g/mol. The van der Waals surface area contributed by atoms with E-state index in [4.69, 9.17) is 18.6 Å². The Bertz CT molecular complexity index is 1950. The maximum atomic E-state index is 14.6. The fourth-order valence-corrected chi connectivity index (χ4v) is 8.22. The van der Waals surface area contributed by atoms with Crippen LogP contribution in [-0.2, 0) is 59.4 Å². The van der Waals surface area contributed by atoms with Crippen molar-refractivity contribution in [1.82, 2.24) is 0 Å². The molecule has 0 spiro atoms. The Morgan fingerprint density at radius 1 is 0.745 bits per heavy atom. The van der Waals surface area contributed by atoms with Crippen molar-refractivity contribution < 1.29 is 67.7 Å². The van der Waals surface area contributed by atoms with Crippen LogP contribution in [0.2, 0.25) is 18.1 Å². The van der Waals surface area contributed by atoms with E-state index in [0.717, 1.165) is 13.2 Å². The lowest BCUT2D eigenvalue weighted by atomic mass is 9.55. The highest BCUT2D eigenvalue weighted by Crippen LogP contribution is 2.74. The van der Waals surface area contributed by atoms with E-state index < -0.39 is 101 Å². The van der Waals surface area contributed by atoms with Gasteiger partial charge in [-0.1, -0.05) is 57.2 Å². The quantitative estimate of drug-likeness (QED) is 0.140. The van der Waals surface area contributed by atoms with E-state index in [0.29, 0.717) is 34.7 Å². The third-order valence-corrected chi connectivity index (χ3v) is 14.7. The first-order valence-electron chi connectivity index (χ1n) is 17.0. The minimum absolute atomic E-state index is 0.137. The van der Waals surface area contributed by atoms with Gasteiger partial charge >= 0.3 is 30.6 Å². The van der Waals surface area contributed by atoms with E-state index in [1.165, 1.54) is 32.9 Å². The molecule has 55 heavy (non-hydrogen) atoms. The summed E-state index contributed by atoms with van der Waals surface area (Å²) in [5.74, 6) is -4.25. The molecule has 3 aromatic rings. The maximum Gasteiger partial charge on any atom is 0.419 e. The fraction of sp³-hybridized carbons (Fsp3) is 0.474. The van der Waals surface area contributed by atoms with Crippen LogP contribution in [0.5, 0.6) is 0 Å². The number of amides is 1. The van der Waals surface area contributed by atoms with E-state index >= 15 is 0 Å². The Morgan fingerprint density at radius 3 is 1.73 bits per heavy atom. The molecule has 0 aromatic heterocycles. The molecule has 0 unspecified atom stereocenters. The highest BCUT2D eigenvalue weighted by atomic mass is 28.4. The molecule has 0 saturated carbocycles. The first kappa shape index (κ1) is 42.1. The summed E-state index contributed by atoms with van der Waals surface area (Å²) in [7, 11) is -2.61. The Labute approximate surface area is 312 Å². The van der Waals surface area contributed by atoms with Gasteiger partial charge in [-0.15, -0.1) is 0 Å². The molecule has 1 amide bonds. The zero-order valence-corrected chi connectivity index (χ0v) is 32.4. The standard InChI is InChI=1S/C38H40F9NO6Si/c1-31(2,3)52-30(50)48-28-20-23(35(39,40)41)15-16-27(28)33(21-22-13-11-10-12-14-22)34(29(49)51-7,53-38(33,48)54-55(8,9)32(4,5)6)24-17-25(36(42,43)44)19-26(18-24)37(45,46)47/h10-20H,21H2,1-9H3/t33-,34-,38-/m0/s1. The zero-order chi connectivity index (χ0) is 41.6. The molecule has 0 bridgehead atoms. The summed E-state index contributed by atoms with van der Waals surface area (Å²) < 4.78 is 155. The number of alkyl halides is 9. The molecule has 2 aliphatic rings. The van der Waals surface area contributed by atoms with Gasteiger partial charge in [0.05, 0.1) is 29.5 Å². The molecule has 17 heteroatoms. The molecule has 300 valence electrons. The normalized spacial score (nSPS) is 23.1. The number of carbonyl (C=O) groups excluding carboxylic acids is 2. The van der Waals surface area contributed by atoms with Crippen molar-refractivity contribution in [3.63, 3.8) is 0 Å². The van der Waals surface area contributed by atoms with E-state index in [2.05, 4.69) is 0 Å². The molecule has 0 aliphatic carbocycles. The van der Waals surface area contributed by atoms with Gasteiger partial charge in [0.2, 0.25) is 5.60 Å². The lowest BCUT2D eigenvalue weighted by Gasteiger charge is -2.67. The first-order chi connectivity index (χ1) is 24.9. The largest absolute Gasteiger partial charge is 0.467 e. The van der Waals surface area contributed by atoms with Crippen LogP contribution in [0.25, 0.3) is 0 Å². The number of anilines is 1. The molecule has 2 aliphatic heterocycles. The Kier molecular flexibility index (Phi) is 9.92. The number of carbonyl (C=O) groups is 2. The summed E-state index contributed by atoms with van der Waals surface area (Å²) in [6.07, 6.45) is -17.7. The van der Waals surface area contributed by atoms with Crippen LogP contribution in [-0.4, -0.2) is 39.0 Å². The highest BCUT2D eigenvalue weighted by Gasteiger charge is 2.89. The number of fused-ring (bicyclic) bond motifs is 3. The van der Waals surface area contributed by atoms with Crippen LogP contribution in [0, 0.1) is 0 Å². The summed E-state index contributed by atoms with van der Waals surface area (Å²) in [6.45, 7) is 13.1. The molecule has 0 N–H and O–H groups in total. The molecule has 1 fully saturated rings. The van der Waals surface area contributed by atoms with Crippen molar-refractivity contribution in [3.8, 4) is 0 Å². The van der Waals surface area contributed by atoms with Crippen LogP contribution in [0.4, 0.5) is 50.0 Å². The Morgan fingerprint density at radius 2 is 1.27 bits per heavy atom. The smallest absolute Gasteiger partial charge is 0.419 e. The number of nitrogens with zero attached hydrogens (tertiary/aromatic N) is 1. The average Bonchev–Trinajstić information content (AvgIpc) is 3.20. The molecule has 5 rings (SSSR count). The topological polar surface area (TPSA) is 74.3 Å². The van der Waals surface area contributed by atoms with E-state index in [1.807, 2.05) is 0 Å². The summed E-state index contributed by atoms with van der Waals surface area (Å²) in [5, 5.41) is -0.779. The minimum atomic E-state index is -5.39. The minimum Gasteiger partial charge on any atom is -0.467 e. The predicted octanol–water partition coefficient (Wildman–Crippen LogP) is 10.8. The number of hydrogen-bond donors (Lipinski definition) is 0. The van der Waals surface area contributed by atoms with Crippen LogP contribution in [0.1, 0.15) is 74.9 Å². The lowest BCUT2D eigenvalue weighted by Crippen LogP contribution is -2.86. The number of benzene rings is 3. The van der Waals surface area contributed by atoms with Gasteiger partial charge in [-0.3, -0.25) is 0 Å². The van der Waals surface area contributed by atoms with Crippen molar-refractivity contribution >= 4 is 26.1 Å². The maximum absolute atomic E-state index is 14.6. The molecule has 0 radical (unpaired) electrons. The van der Waals surface area contributed by atoms with E-state index in [9.17, 15) is 49.1 Å². The third-order valence-electron chi connectivity index (χ3n) is 10.3. The third kappa shape index (κ3) is 6.79. The lowest BCUT2D eigenvalue weighted by molar-refractivity contribution is -0.407. The van der Waals surface area contributed by atoms with E-state index in [-0.39, 0.29) is 11.6 Å². The summed E-state index contributed by atoms with van der Waals surface area (Å²) >= 11 is 0. The average molecular weight is 806 g/mol. The number of esters is 1. The number of rotatable bonds is 6. The van der Waals surface area contributed by atoms with Gasteiger partial charge in [-0.2, -0.15) is 39.5 Å². The second-order valence-electron chi connectivity index (χ2n) is 16.1. The van der Waals surface area contributed by atoms with Gasteiger partial charge < -0.3 is 18.6 Å². The second kappa shape index (κ2) is 13.0. The summed E-state index contributed by atoms with van der Waals surface area (Å²) in [4.78, 5) is 29.7. The highest BCUT2D eigenvalue weighted by molar-refractivity contribution is 6.74. The second-order valence-corrected chi connectivity index (χ2v) is 20.9. The van der Waals surface area contributed by atoms with Gasteiger partial charge in [0.15, 0.2) is 8.32 Å². The van der Waals surface area contributed by atoms with Crippen molar-refractivity contribution in [2.75, 3.05) is 12.0 Å². The van der Waals surface area contributed by atoms with Gasteiger partial charge in [-0.25, -0.2) is 14.5 Å². The summed E-state index contributed by atoms with van der Waals surface area (Å²) in [6, 6.07) is 10.4. The van der Waals surface area contributed by atoms with Crippen molar-refractivity contribution in [2.24, 2.45) is 0 Å². The van der Waals surface area contributed by atoms with Crippen molar-refractivity contribution in [1.29, 1.82) is 0 Å². The molecule has 3 aromatic carbocycles. The summed E-state index contributed by atoms with van der Waals surface area (Å²) in [5.41, 5.74) is -13.3. The number of halogens is 9. The molecule has 3 atom stereocenters. The molecule has 2 heterocycles. The SMILES string of the molecule is COC(=O)[C@]1(c2cc(C(F)(F)F)cc(C(F)(F)F)c2)O[C@@]2(O[Si](C)(C)C(C)(C)C)N(C(=O)OC(C)(C)C)c3cc(C(F)(F)F)ccc3[C@]21Cc1ccccc1. The van der Waals surface area contributed by atoms with Gasteiger partial charge in [0, 0.05) is 0 Å². The molecule has 7 nitrogen and oxygen atoms in total. The van der Waals surface area contributed by atoms with Crippen molar-refractivity contribution in [3.05, 3.63) is 100 Å².